The Bertz CT molecular complexity index is 786. The summed E-state index contributed by atoms with van der Waals surface area (Å²) in [7, 11) is 0. The quantitative estimate of drug-likeness (QED) is 0.710. The number of aliphatic hydroxyl groups is 1. The molecule has 1 unspecified atom stereocenters. The van der Waals surface area contributed by atoms with E-state index in [0.717, 1.165) is 35.3 Å². The Labute approximate surface area is 147 Å². The number of para-hydroxylation sites is 2. The molecule has 0 saturated heterocycles. The molecule has 0 spiro atoms. The molecule has 1 saturated carbocycles. The first-order valence-corrected chi connectivity index (χ1v) is 9.05. The molecule has 2 aromatic carbocycles. The van der Waals surface area contributed by atoms with Crippen LogP contribution in [0.5, 0.6) is 5.75 Å². The van der Waals surface area contributed by atoms with Gasteiger partial charge in [0.25, 0.3) is 0 Å². The zero-order valence-electron chi connectivity index (χ0n) is 14.2. The number of aliphatic hydroxyl groups excluding tert-OH is 1. The van der Waals surface area contributed by atoms with Crippen LogP contribution in [0.25, 0.3) is 11.1 Å². The van der Waals surface area contributed by atoms with Crippen LogP contribution >= 0.6 is 0 Å². The van der Waals surface area contributed by atoms with Crippen LogP contribution in [-0.4, -0.2) is 10.1 Å². The Kier molecular flexibility index (Phi) is 4.70. The number of ether oxygens (including phenoxy) is 1. The number of rotatable bonds is 5. The smallest absolute Gasteiger partial charge is 0.233 e. The highest BCUT2D eigenvalue weighted by Gasteiger charge is 2.22. The van der Waals surface area contributed by atoms with Gasteiger partial charge in [0.05, 0.1) is 6.10 Å². The van der Waals surface area contributed by atoms with Crippen molar-refractivity contribution in [1.29, 1.82) is 0 Å². The molecule has 1 N–H and O–H groups in total. The third-order valence-electron chi connectivity index (χ3n) is 5.02. The van der Waals surface area contributed by atoms with Gasteiger partial charge >= 0.3 is 0 Å². The fourth-order valence-electron chi connectivity index (χ4n) is 3.61. The van der Waals surface area contributed by atoms with E-state index in [1.807, 2.05) is 48.5 Å². The van der Waals surface area contributed by atoms with Crippen molar-refractivity contribution >= 4 is 11.1 Å². The van der Waals surface area contributed by atoms with Crippen molar-refractivity contribution in [2.24, 2.45) is 5.92 Å². The maximum absolute atomic E-state index is 10.6. The highest BCUT2D eigenvalue weighted by Crippen LogP contribution is 2.34. The van der Waals surface area contributed by atoms with Crippen LogP contribution in [0.2, 0.25) is 0 Å². The summed E-state index contributed by atoms with van der Waals surface area (Å²) in [5, 5.41) is 10.6. The molecule has 0 radical (unpaired) electrons. The van der Waals surface area contributed by atoms with Crippen molar-refractivity contribution < 1.29 is 14.3 Å². The van der Waals surface area contributed by atoms with Gasteiger partial charge in [-0.3, -0.25) is 0 Å². The third kappa shape index (κ3) is 3.69. The maximum Gasteiger partial charge on any atom is 0.233 e. The first-order chi connectivity index (χ1) is 12.3. The maximum atomic E-state index is 10.6. The van der Waals surface area contributed by atoms with Gasteiger partial charge in [-0.2, -0.15) is 0 Å². The van der Waals surface area contributed by atoms with Gasteiger partial charge < -0.3 is 14.3 Å². The Morgan fingerprint density at radius 2 is 1.80 bits per heavy atom. The van der Waals surface area contributed by atoms with Gasteiger partial charge in [-0.05, 0) is 48.6 Å². The Hall–Kier alpha value is -2.33. The van der Waals surface area contributed by atoms with Crippen LogP contribution in [0.1, 0.15) is 49.7 Å². The monoisotopic (exact) mass is 337 g/mol. The van der Waals surface area contributed by atoms with E-state index in [9.17, 15) is 5.11 Å². The molecule has 1 aromatic heterocycles. The van der Waals surface area contributed by atoms with E-state index < -0.39 is 0 Å². The summed E-state index contributed by atoms with van der Waals surface area (Å²) in [5.74, 6) is 1.70. The first kappa shape index (κ1) is 16.2. The highest BCUT2D eigenvalue weighted by atomic mass is 16.5. The predicted octanol–water partition coefficient (Wildman–Crippen LogP) is 5.02. The Balaban J connectivity index is 1.38. The summed E-state index contributed by atoms with van der Waals surface area (Å²) in [6, 6.07) is 15.4. The Morgan fingerprint density at radius 3 is 2.56 bits per heavy atom. The zero-order valence-corrected chi connectivity index (χ0v) is 14.2. The molecule has 4 rings (SSSR count). The van der Waals surface area contributed by atoms with Crippen molar-refractivity contribution in [3.8, 4) is 5.75 Å². The van der Waals surface area contributed by atoms with Gasteiger partial charge in [0, 0.05) is 0 Å². The second kappa shape index (κ2) is 7.28. The molecule has 1 aliphatic carbocycles. The minimum absolute atomic E-state index is 0.291. The summed E-state index contributed by atoms with van der Waals surface area (Å²) in [6.45, 7) is 0.291. The topological polar surface area (TPSA) is 55.5 Å². The molecule has 1 fully saturated rings. The van der Waals surface area contributed by atoms with Crippen LogP contribution in [0.4, 0.5) is 0 Å². The molecule has 1 heterocycles. The van der Waals surface area contributed by atoms with Gasteiger partial charge in [-0.15, -0.1) is 0 Å². The summed E-state index contributed by atoms with van der Waals surface area (Å²) < 4.78 is 11.4. The number of nitrogens with zero attached hydrogens (tertiary/aromatic N) is 1. The number of hydrogen-bond acceptors (Lipinski definition) is 4. The van der Waals surface area contributed by atoms with Gasteiger partial charge in [-0.25, -0.2) is 4.98 Å². The van der Waals surface area contributed by atoms with E-state index in [4.69, 9.17) is 9.15 Å². The van der Waals surface area contributed by atoms with E-state index in [2.05, 4.69) is 4.98 Å². The second-order valence-electron chi connectivity index (χ2n) is 6.78. The largest absolute Gasteiger partial charge is 0.484 e. The minimum Gasteiger partial charge on any atom is -0.484 e. The number of hydrogen-bond donors (Lipinski definition) is 1. The summed E-state index contributed by atoms with van der Waals surface area (Å²) in [5.41, 5.74) is 2.58. The lowest BCUT2D eigenvalue weighted by molar-refractivity contribution is 0.0848. The summed E-state index contributed by atoms with van der Waals surface area (Å²) >= 11 is 0. The number of fused-ring (bicyclic) bond motifs is 1. The Morgan fingerprint density at radius 1 is 1.04 bits per heavy atom. The van der Waals surface area contributed by atoms with Crippen LogP contribution in [0.15, 0.2) is 52.9 Å². The molecule has 0 amide bonds. The first-order valence-electron chi connectivity index (χ1n) is 9.05. The zero-order chi connectivity index (χ0) is 17.1. The van der Waals surface area contributed by atoms with Crippen molar-refractivity contribution in [2.45, 2.75) is 44.8 Å². The van der Waals surface area contributed by atoms with E-state index in [1.165, 1.54) is 19.3 Å². The minimum atomic E-state index is -0.369. The predicted molar refractivity (Wildman–Crippen MR) is 96.3 cm³/mol. The summed E-state index contributed by atoms with van der Waals surface area (Å²) in [6.07, 6.45) is 5.63. The SMILES string of the molecule is OC(c1ccc(OCc2nc3ccccc3o2)cc1)C1CCCCC1. The van der Waals surface area contributed by atoms with E-state index in [0.29, 0.717) is 18.4 Å². The molecule has 1 aliphatic rings. The number of oxazole rings is 1. The third-order valence-corrected chi connectivity index (χ3v) is 5.02. The molecular weight excluding hydrogens is 314 g/mol. The van der Waals surface area contributed by atoms with Gasteiger partial charge in [0.2, 0.25) is 5.89 Å². The normalized spacial score (nSPS) is 16.8. The fourth-order valence-corrected chi connectivity index (χ4v) is 3.61. The lowest BCUT2D eigenvalue weighted by Crippen LogP contribution is -2.15. The average Bonchev–Trinajstić information content (AvgIpc) is 3.10. The van der Waals surface area contributed by atoms with E-state index in [-0.39, 0.29) is 6.10 Å². The molecule has 1 atom stereocenters. The number of benzene rings is 2. The van der Waals surface area contributed by atoms with E-state index >= 15 is 0 Å². The molecule has 3 aromatic rings. The lowest BCUT2D eigenvalue weighted by atomic mass is 9.83. The highest BCUT2D eigenvalue weighted by molar-refractivity contribution is 5.72. The van der Waals surface area contributed by atoms with Crippen molar-refractivity contribution in [2.75, 3.05) is 0 Å². The number of aromatic nitrogens is 1. The molecule has 0 bridgehead atoms. The van der Waals surface area contributed by atoms with Gasteiger partial charge in [-0.1, -0.05) is 43.5 Å². The summed E-state index contributed by atoms with van der Waals surface area (Å²) in [4.78, 5) is 4.40. The van der Waals surface area contributed by atoms with Crippen LogP contribution < -0.4 is 4.74 Å². The lowest BCUT2D eigenvalue weighted by Gasteiger charge is -2.26. The van der Waals surface area contributed by atoms with E-state index in [1.54, 1.807) is 0 Å². The van der Waals surface area contributed by atoms with Gasteiger partial charge in [0.1, 0.15) is 11.3 Å². The van der Waals surface area contributed by atoms with Crippen molar-refractivity contribution in [1.82, 2.24) is 4.98 Å². The molecule has 0 aliphatic heterocycles. The van der Waals surface area contributed by atoms with Gasteiger partial charge in [0.15, 0.2) is 12.2 Å². The molecule has 4 heteroatoms. The second-order valence-corrected chi connectivity index (χ2v) is 6.78. The molecule has 4 nitrogen and oxygen atoms in total. The molecular formula is C21H23NO3. The molecule has 25 heavy (non-hydrogen) atoms. The molecule has 130 valence electrons. The van der Waals surface area contributed by atoms with Crippen LogP contribution in [0.3, 0.4) is 0 Å². The van der Waals surface area contributed by atoms with Crippen LogP contribution in [0, 0.1) is 5.92 Å². The fraction of sp³-hybridized carbons (Fsp3) is 0.381. The van der Waals surface area contributed by atoms with Crippen LogP contribution in [-0.2, 0) is 6.61 Å². The van der Waals surface area contributed by atoms with Crippen molar-refractivity contribution in [3.05, 3.63) is 60.0 Å². The average molecular weight is 337 g/mol. The van der Waals surface area contributed by atoms with Crippen molar-refractivity contribution in [3.63, 3.8) is 0 Å². The standard InChI is InChI=1S/C21H23NO3/c23-21(15-6-2-1-3-7-15)16-10-12-17(13-11-16)24-14-20-22-18-8-4-5-9-19(18)25-20/h4-5,8-13,15,21,23H,1-3,6-7,14H2.